The highest BCUT2D eigenvalue weighted by Gasteiger charge is 2.25. The Hall–Kier alpha value is -0.0800. The Morgan fingerprint density at radius 1 is 1.38 bits per heavy atom. The molecule has 0 radical (unpaired) electrons. The van der Waals surface area contributed by atoms with E-state index in [0.717, 1.165) is 24.9 Å². The molecule has 0 bridgehead atoms. The third-order valence-corrected chi connectivity index (χ3v) is 4.20. The molecule has 1 aliphatic rings. The zero-order chi connectivity index (χ0) is 12.2. The average molecular weight is 227 g/mol. The molecule has 0 aromatic rings. The van der Waals surface area contributed by atoms with E-state index in [1.807, 2.05) is 6.92 Å². The smallest absolute Gasteiger partial charge is 0.0766 e. The molecule has 1 saturated carbocycles. The number of hydrogen-bond acceptors (Lipinski definition) is 2. The summed E-state index contributed by atoms with van der Waals surface area (Å²) < 4.78 is 0. The van der Waals surface area contributed by atoms with Crippen LogP contribution in [0.5, 0.6) is 0 Å². The summed E-state index contributed by atoms with van der Waals surface area (Å²) in [6, 6.07) is 0. The molecule has 2 heteroatoms. The van der Waals surface area contributed by atoms with Gasteiger partial charge in [0, 0.05) is 6.54 Å². The van der Waals surface area contributed by atoms with Crippen LogP contribution in [0.3, 0.4) is 0 Å². The molecule has 0 aromatic heterocycles. The van der Waals surface area contributed by atoms with Crippen LogP contribution in [0, 0.1) is 17.8 Å². The molecule has 16 heavy (non-hydrogen) atoms. The molecule has 0 aliphatic heterocycles. The maximum absolute atomic E-state index is 10.1. The summed E-state index contributed by atoms with van der Waals surface area (Å²) in [5, 5.41) is 13.6. The van der Waals surface area contributed by atoms with Crippen LogP contribution >= 0.6 is 0 Å². The van der Waals surface area contributed by atoms with E-state index in [1.54, 1.807) is 0 Å². The van der Waals surface area contributed by atoms with Crippen LogP contribution in [0.4, 0.5) is 0 Å². The first kappa shape index (κ1) is 14.0. The van der Waals surface area contributed by atoms with Crippen molar-refractivity contribution in [2.24, 2.45) is 17.8 Å². The lowest BCUT2D eigenvalue weighted by Gasteiger charge is -2.31. The van der Waals surface area contributed by atoms with Crippen LogP contribution in [0.1, 0.15) is 53.4 Å². The second-order valence-corrected chi connectivity index (χ2v) is 6.28. The van der Waals surface area contributed by atoms with E-state index in [9.17, 15) is 5.11 Å². The normalized spacial score (nSPS) is 30.4. The van der Waals surface area contributed by atoms with Crippen molar-refractivity contribution >= 4 is 0 Å². The Balaban J connectivity index is 2.20. The summed E-state index contributed by atoms with van der Waals surface area (Å²) in [4.78, 5) is 0. The second-order valence-electron chi connectivity index (χ2n) is 6.28. The average Bonchev–Trinajstić information content (AvgIpc) is 2.17. The molecular formula is C14H29NO. The molecule has 0 heterocycles. The fourth-order valence-electron chi connectivity index (χ4n) is 2.48. The maximum Gasteiger partial charge on any atom is 0.0766 e. The quantitative estimate of drug-likeness (QED) is 0.757. The van der Waals surface area contributed by atoms with Crippen molar-refractivity contribution in [3.8, 4) is 0 Å². The topological polar surface area (TPSA) is 32.3 Å². The van der Waals surface area contributed by atoms with Gasteiger partial charge >= 0.3 is 0 Å². The van der Waals surface area contributed by atoms with E-state index in [1.165, 1.54) is 25.7 Å². The zero-order valence-corrected chi connectivity index (χ0v) is 11.4. The highest BCUT2D eigenvalue weighted by atomic mass is 16.3. The van der Waals surface area contributed by atoms with Gasteiger partial charge in [-0.05, 0) is 44.1 Å². The summed E-state index contributed by atoms with van der Waals surface area (Å²) >= 11 is 0. The van der Waals surface area contributed by atoms with Crippen LogP contribution in [0.25, 0.3) is 0 Å². The highest BCUT2D eigenvalue weighted by molar-refractivity contribution is 4.80. The van der Waals surface area contributed by atoms with E-state index >= 15 is 0 Å². The van der Waals surface area contributed by atoms with Crippen molar-refractivity contribution in [1.82, 2.24) is 5.32 Å². The predicted molar refractivity (Wildman–Crippen MR) is 69.5 cm³/mol. The predicted octanol–water partition coefficient (Wildman–Crippen LogP) is 2.81. The zero-order valence-electron chi connectivity index (χ0n) is 11.4. The summed E-state index contributed by atoms with van der Waals surface area (Å²) in [6.07, 6.45) is 5.51. The molecule has 0 amide bonds. The minimum absolute atomic E-state index is 0.310. The van der Waals surface area contributed by atoms with Crippen molar-refractivity contribution in [2.45, 2.75) is 59.0 Å². The Labute approximate surface area is 101 Å². The van der Waals surface area contributed by atoms with Crippen LogP contribution in [-0.4, -0.2) is 23.8 Å². The molecule has 0 spiro atoms. The monoisotopic (exact) mass is 227 g/mol. The van der Waals surface area contributed by atoms with Crippen LogP contribution in [0.15, 0.2) is 0 Å². The Bertz CT molecular complexity index is 201. The molecule has 1 rings (SSSR count). The van der Waals surface area contributed by atoms with E-state index in [-0.39, 0.29) is 0 Å². The first-order valence-electron chi connectivity index (χ1n) is 6.85. The van der Waals surface area contributed by atoms with Gasteiger partial charge in [0.25, 0.3) is 0 Å². The molecule has 1 fully saturated rings. The first-order valence-corrected chi connectivity index (χ1v) is 6.85. The van der Waals surface area contributed by atoms with Crippen molar-refractivity contribution in [2.75, 3.05) is 13.1 Å². The third kappa shape index (κ3) is 4.42. The molecule has 0 saturated heterocycles. The number of rotatable bonds is 5. The standard InChI is InChI=1S/C14H29NO/c1-11(2)14(4,16)10-15-9-13-7-5-6-12(3)8-13/h11-13,15-16H,5-10H2,1-4H3. The molecule has 3 unspecified atom stereocenters. The molecule has 3 atom stereocenters. The van der Waals surface area contributed by atoms with Gasteiger partial charge in [0.1, 0.15) is 0 Å². The minimum atomic E-state index is -0.569. The van der Waals surface area contributed by atoms with Crippen LogP contribution in [0.2, 0.25) is 0 Å². The first-order chi connectivity index (χ1) is 7.42. The second kappa shape index (κ2) is 6.02. The van der Waals surface area contributed by atoms with Gasteiger partial charge in [-0.3, -0.25) is 0 Å². The van der Waals surface area contributed by atoms with E-state index < -0.39 is 5.60 Å². The maximum atomic E-state index is 10.1. The molecule has 2 nitrogen and oxygen atoms in total. The summed E-state index contributed by atoms with van der Waals surface area (Å²) in [7, 11) is 0. The van der Waals surface area contributed by atoms with Gasteiger partial charge in [0.2, 0.25) is 0 Å². The number of aliphatic hydroxyl groups is 1. The van der Waals surface area contributed by atoms with Crippen molar-refractivity contribution < 1.29 is 5.11 Å². The van der Waals surface area contributed by atoms with Crippen LogP contribution < -0.4 is 5.32 Å². The fourth-order valence-corrected chi connectivity index (χ4v) is 2.48. The summed E-state index contributed by atoms with van der Waals surface area (Å²) in [5.41, 5.74) is -0.569. The van der Waals surface area contributed by atoms with Gasteiger partial charge in [0.15, 0.2) is 0 Å². The highest BCUT2D eigenvalue weighted by Crippen LogP contribution is 2.28. The fraction of sp³-hybridized carbons (Fsp3) is 1.00. The molecule has 0 aromatic carbocycles. The van der Waals surface area contributed by atoms with Gasteiger partial charge in [-0.2, -0.15) is 0 Å². The van der Waals surface area contributed by atoms with Gasteiger partial charge < -0.3 is 10.4 Å². The lowest BCUT2D eigenvalue weighted by molar-refractivity contribution is 0.0131. The van der Waals surface area contributed by atoms with Gasteiger partial charge in [-0.25, -0.2) is 0 Å². The van der Waals surface area contributed by atoms with Crippen molar-refractivity contribution in [3.05, 3.63) is 0 Å². The summed E-state index contributed by atoms with van der Waals surface area (Å²) in [5.74, 6) is 2.03. The van der Waals surface area contributed by atoms with Crippen molar-refractivity contribution in [3.63, 3.8) is 0 Å². The Morgan fingerprint density at radius 3 is 2.62 bits per heavy atom. The Kier molecular flexibility index (Phi) is 5.26. The molecular weight excluding hydrogens is 198 g/mol. The van der Waals surface area contributed by atoms with Gasteiger partial charge in [0.05, 0.1) is 5.60 Å². The lowest BCUT2D eigenvalue weighted by atomic mass is 9.82. The van der Waals surface area contributed by atoms with E-state index in [4.69, 9.17) is 0 Å². The lowest BCUT2D eigenvalue weighted by Crippen LogP contribution is -2.43. The molecule has 1 aliphatic carbocycles. The Morgan fingerprint density at radius 2 is 2.06 bits per heavy atom. The molecule has 96 valence electrons. The van der Waals surface area contributed by atoms with E-state index in [2.05, 4.69) is 26.1 Å². The SMILES string of the molecule is CC1CCCC(CNCC(C)(O)C(C)C)C1. The number of hydrogen-bond donors (Lipinski definition) is 2. The van der Waals surface area contributed by atoms with E-state index in [0.29, 0.717) is 5.92 Å². The number of nitrogens with one attached hydrogen (secondary N) is 1. The summed E-state index contributed by atoms with van der Waals surface area (Å²) in [6.45, 7) is 10.2. The van der Waals surface area contributed by atoms with Crippen molar-refractivity contribution in [1.29, 1.82) is 0 Å². The minimum Gasteiger partial charge on any atom is -0.389 e. The molecule has 2 N–H and O–H groups in total. The largest absolute Gasteiger partial charge is 0.389 e. The third-order valence-electron chi connectivity index (χ3n) is 4.20. The van der Waals surface area contributed by atoms with Gasteiger partial charge in [-0.1, -0.05) is 33.6 Å². The van der Waals surface area contributed by atoms with Crippen LogP contribution in [-0.2, 0) is 0 Å². The van der Waals surface area contributed by atoms with Gasteiger partial charge in [-0.15, -0.1) is 0 Å².